The number of rotatable bonds is 8. The molecule has 1 saturated heterocycles. The molecule has 2 unspecified atom stereocenters. The number of ether oxygens (including phenoxy) is 4. The van der Waals surface area contributed by atoms with E-state index in [0.29, 0.717) is 11.3 Å². The van der Waals surface area contributed by atoms with Gasteiger partial charge < -0.3 is 28.8 Å². The van der Waals surface area contributed by atoms with Crippen LogP contribution in [0.15, 0.2) is 41.6 Å². The Labute approximate surface area is 205 Å². The number of esters is 2. The second-order valence-electron chi connectivity index (χ2n) is 9.00. The molecule has 1 aromatic carbocycles. The highest BCUT2D eigenvalue weighted by Crippen LogP contribution is 2.43. The van der Waals surface area contributed by atoms with Crippen molar-refractivity contribution in [2.75, 3.05) is 26.3 Å². The Morgan fingerprint density at radius 3 is 2.46 bits per heavy atom. The highest BCUT2D eigenvalue weighted by atomic mass is 32.2. The number of hydrogen-bond acceptors (Lipinski definition) is 9. The highest BCUT2D eigenvalue weighted by molar-refractivity contribution is 7.92. The number of nitrogens with zero attached hydrogens (tertiary/aromatic N) is 1. The summed E-state index contributed by atoms with van der Waals surface area (Å²) < 4.78 is 33.7. The molecule has 35 heavy (non-hydrogen) atoms. The van der Waals surface area contributed by atoms with E-state index in [1.807, 2.05) is 0 Å². The Kier molecular flexibility index (Phi) is 7.77. The number of nitrogens with one attached hydrogen (secondary N) is 1. The molecule has 3 atom stereocenters. The van der Waals surface area contributed by atoms with Gasteiger partial charge in [0.2, 0.25) is 6.79 Å². The largest absolute Gasteiger partial charge is 0.614 e. The van der Waals surface area contributed by atoms with Gasteiger partial charge in [-0.15, -0.1) is 0 Å². The maximum absolute atomic E-state index is 13.2. The number of para-hydroxylation sites is 1. The zero-order valence-electron chi connectivity index (χ0n) is 20.1. The Morgan fingerprint density at radius 1 is 1.20 bits per heavy atom. The molecule has 1 fully saturated rings. The van der Waals surface area contributed by atoms with Crippen LogP contribution in [0.1, 0.15) is 27.7 Å². The van der Waals surface area contributed by atoms with E-state index >= 15 is 0 Å². The molecule has 0 aromatic heterocycles. The summed E-state index contributed by atoms with van der Waals surface area (Å²) in [5.74, 6) is -2.57. The number of benzene rings is 1. The van der Waals surface area contributed by atoms with Crippen molar-refractivity contribution < 1.29 is 42.7 Å². The Balaban J connectivity index is 1.70. The average Bonchev–Trinajstić information content (AvgIpc) is 2.80. The summed E-state index contributed by atoms with van der Waals surface area (Å²) in [6.45, 7) is 5.42. The third-order valence-electron chi connectivity index (χ3n) is 5.32. The van der Waals surface area contributed by atoms with Crippen molar-refractivity contribution in [1.29, 1.82) is 0 Å². The van der Waals surface area contributed by atoms with Crippen molar-refractivity contribution in [3.63, 3.8) is 0 Å². The van der Waals surface area contributed by atoms with Crippen LogP contribution in [0.4, 0.5) is 0 Å². The summed E-state index contributed by atoms with van der Waals surface area (Å²) in [6.07, 6.45) is 0. The van der Waals surface area contributed by atoms with Crippen molar-refractivity contribution in [1.82, 2.24) is 10.2 Å². The minimum Gasteiger partial charge on any atom is -0.614 e. The Hall–Kier alpha value is -3.09. The average molecular weight is 509 g/mol. The van der Waals surface area contributed by atoms with Crippen molar-refractivity contribution >= 4 is 34.9 Å². The molecule has 1 N–H and O–H groups in total. The number of carbonyl (C=O) groups is 4. The number of carbonyl (C=O) groups excluding carboxylic acids is 4. The van der Waals surface area contributed by atoms with E-state index in [1.54, 1.807) is 51.1 Å². The molecule has 0 radical (unpaired) electrons. The van der Waals surface area contributed by atoms with Gasteiger partial charge in [0.25, 0.3) is 22.9 Å². The monoisotopic (exact) mass is 508 g/mol. The minimum absolute atomic E-state index is 0.0534. The molecule has 11 nitrogen and oxygen atoms in total. The Morgan fingerprint density at radius 2 is 1.86 bits per heavy atom. The standard InChI is InChI=1S/C23H28N2O9S/c1-14-12-35(30)20-23(31-5,24-16(26)11-32-15-9-7-6-8-10-15)19(28)25(20)17(14)18(27)33-13-34-21(29)22(2,3)4/h6-10,20H,11-13H2,1-5H3,(H,24,26)/t20-,23?,35?/m1/s1. The fourth-order valence-electron chi connectivity index (χ4n) is 3.55. The predicted molar refractivity (Wildman–Crippen MR) is 123 cm³/mol. The maximum atomic E-state index is 13.2. The van der Waals surface area contributed by atoms with Gasteiger partial charge in [0, 0.05) is 12.7 Å². The van der Waals surface area contributed by atoms with Crippen LogP contribution in [0.2, 0.25) is 0 Å². The SMILES string of the molecule is COC1(NC(=O)COc2ccccc2)C(=O)N2C(C(=O)OCOC(=O)C(C)(C)C)=C(C)C[S+]([O-])[C@@H]21. The van der Waals surface area contributed by atoms with E-state index in [-0.39, 0.29) is 11.4 Å². The number of fused-ring (bicyclic) bond motifs is 1. The maximum Gasteiger partial charge on any atom is 0.358 e. The molecular weight excluding hydrogens is 480 g/mol. The van der Waals surface area contributed by atoms with Gasteiger partial charge in [-0.3, -0.25) is 14.4 Å². The van der Waals surface area contributed by atoms with Gasteiger partial charge in [-0.25, -0.2) is 9.69 Å². The molecule has 190 valence electrons. The van der Waals surface area contributed by atoms with E-state index < -0.39 is 64.8 Å². The van der Waals surface area contributed by atoms with E-state index in [4.69, 9.17) is 18.9 Å². The predicted octanol–water partition coefficient (Wildman–Crippen LogP) is 0.819. The molecule has 0 bridgehead atoms. The quantitative estimate of drug-likeness (QED) is 0.234. The number of amides is 2. The van der Waals surface area contributed by atoms with Crippen LogP contribution in [-0.4, -0.2) is 70.6 Å². The van der Waals surface area contributed by atoms with Crippen molar-refractivity contribution in [3.05, 3.63) is 41.6 Å². The molecule has 2 aliphatic heterocycles. The van der Waals surface area contributed by atoms with Crippen LogP contribution in [0.5, 0.6) is 5.75 Å². The zero-order chi connectivity index (χ0) is 26.0. The number of hydrogen-bond donors (Lipinski definition) is 1. The first-order chi connectivity index (χ1) is 16.4. The van der Waals surface area contributed by atoms with Crippen LogP contribution >= 0.6 is 0 Å². The van der Waals surface area contributed by atoms with Gasteiger partial charge in [-0.2, -0.15) is 0 Å². The minimum atomic E-state index is -1.94. The van der Waals surface area contributed by atoms with Crippen molar-refractivity contribution in [2.24, 2.45) is 5.41 Å². The normalized spacial score (nSPS) is 23.7. The first-order valence-electron chi connectivity index (χ1n) is 10.7. The third-order valence-corrected chi connectivity index (χ3v) is 7.08. The summed E-state index contributed by atoms with van der Waals surface area (Å²) in [5, 5.41) is 1.30. The zero-order valence-corrected chi connectivity index (χ0v) is 20.9. The number of methoxy groups -OCH3 is 1. The van der Waals surface area contributed by atoms with Crippen molar-refractivity contribution in [2.45, 2.75) is 38.8 Å². The van der Waals surface area contributed by atoms with Gasteiger partial charge >= 0.3 is 11.9 Å². The topological polar surface area (TPSA) is 144 Å². The smallest absolute Gasteiger partial charge is 0.358 e. The molecule has 0 spiro atoms. The van der Waals surface area contributed by atoms with Crippen molar-refractivity contribution in [3.8, 4) is 5.75 Å². The summed E-state index contributed by atoms with van der Waals surface area (Å²) in [5.41, 5.74) is -2.51. The lowest BCUT2D eigenvalue weighted by molar-refractivity contribution is -0.195. The van der Waals surface area contributed by atoms with E-state index in [0.717, 1.165) is 4.90 Å². The first kappa shape index (κ1) is 26.5. The summed E-state index contributed by atoms with van der Waals surface area (Å²) in [7, 11) is 1.19. The molecule has 2 amide bonds. The van der Waals surface area contributed by atoms with Crippen LogP contribution in [0.25, 0.3) is 0 Å². The first-order valence-corrected chi connectivity index (χ1v) is 12.1. The lowest BCUT2D eigenvalue weighted by atomic mass is 9.98. The molecule has 12 heteroatoms. The third kappa shape index (κ3) is 5.29. The fraction of sp³-hybridized carbons (Fsp3) is 0.478. The molecule has 2 heterocycles. The van der Waals surface area contributed by atoms with Crippen LogP contribution < -0.4 is 10.1 Å². The van der Waals surface area contributed by atoms with Gasteiger partial charge in [-0.05, 0) is 51.0 Å². The highest BCUT2D eigenvalue weighted by Gasteiger charge is 2.72. The van der Waals surface area contributed by atoms with Gasteiger partial charge in [0.05, 0.1) is 5.41 Å². The second-order valence-corrected chi connectivity index (χ2v) is 10.5. The van der Waals surface area contributed by atoms with E-state index in [1.165, 1.54) is 14.0 Å². The van der Waals surface area contributed by atoms with Gasteiger partial charge in [0.15, 0.2) is 6.61 Å². The van der Waals surface area contributed by atoms with Gasteiger partial charge in [0.1, 0.15) is 17.2 Å². The van der Waals surface area contributed by atoms with E-state index in [2.05, 4.69) is 5.32 Å². The molecular formula is C23H28N2O9S. The Bertz CT molecular complexity index is 1040. The van der Waals surface area contributed by atoms with E-state index in [9.17, 15) is 23.7 Å². The lowest BCUT2D eigenvalue weighted by Gasteiger charge is -2.54. The van der Waals surface area contributed by atoms with Crippen LogP contribution in [0.3, 0.4) is 0 Å². The van der Waals surface area contributed by atoms with Crippen LogP contribution in [0, 0.1) is 5.41 Å². The number of β-lactam (4-membered cyclic amide) rings is 1. The fourth-order valence-corrected chi connectivity index (χ4v) is 5.34. The van der Waals surface area contributed by atoms with Crippen LogP contribution in [-0.2, 0) is 44.6 Å². The summed E-state index contributed by atoms with van der Waals surface area (Å²) in [6, 6.07) is 8.59. The summed E-state index contributed by atoms with van der Waals surface area (Å²) in [4.78, 5) is 51.3. The molecule has 0 aliphatic carbocycles. The lowest BCUT2D eigenvalue weighted by Crippen LogP contribution is -2.84. The second kappa shape index (κ2) is 10.3. The molecule has 1 aromatic rings. The summed E-state index contributed by atoms with van der Waals surface area (Å²) >= 11 is -1.69. The molecule has 0 saturated carbocycles. The molecule has 3 rings (SSSR count). The van der Waals surface area contributed by atoms with Gasteiger partial charge in [-0.1, -0.05) is 18.2 Å². The molecule has 2 aliphatic rings.